The van der Waals surface area contributed by atoms with Crippen LogP contribution in [0.4, 0.5) is 4.39 Å². The Bertz CT molecular complexity index is 684. The third kappa shape index (κ3) is 3.45. The van der Waals surface area contributed by atoms with Crippen molar-refractivity contribution in [2.24, 2.45) is 0 Å². The van der Waals surface area contributed by atoms with Gasteiger partial charge in [-0.3, -0.25) is 4.79 Å². The Hall–Kier alpha value is -2.36. The van der Waals surface area contributed by atoms with Crippen LogP contribution in [0.15, 0.2) is 46.9 Å². The Kier molecular flexibility index (Phi) is 4.37. The molecular weight excluding hydrogens is 281 g/mol. The van der Waals surface area contributed by atoms with E-state index >= 15 is 0 Å². The van der Waals surface area contributed by atoms with Crippen molar-refractivity contribution >= 4 is 12.0 Å². The highest BCUT2D eigenvalue weighted by Crippen LogP contribution is 2.25. The van der Waals surface area contributed by atoms with E-state index in [-0.39, 0.29) is 11.7 Å². The van der Waals surface area contributed by atoms with E-state index in [2.05, 4.69) is 5.32 Å². The van der Waals surface area contributed by atoms with Crippen LogP contribution >= 0.6 is 0 Å². The molecule has 1 heterocycles. The molecule has 1 aliphatic rings. The standard InChI is InChI=1S/C18H18FNO2/c19-16-8-4-3-7-15(16)17-11-9-14(22-17)10-12-18(21)20-13-5-1-2-6-13/h3-4,7-13H,1-2,5-6H2,(H,20,21)/b12-10+. The summed E-state index contributed by atoms with van der Waals surface area (Å²) in [6, 6.07) is 10.2. The van der Waals surface area contributed by atoms with Gasteiger partial charge in [-0.15, -0.1) is 0 Å². The molecule has 1 saturated carbocycles. The third-order valence-corrected chi connectivity index (χ3v) is 3.87. The highest BCUT2D eigenvalue weighted by Gasteiger charge is 2.15. The van der Waals surface area contributed by atoms with Gasteiger partial charge in [-0.05, 0) is 43.2 Å². The Labute approximate surface area is 128 Å². The maximum atomic E-state index is 13.7. The first-order chi connectivity index (χ1) is 10.7. The number of hydrogen-bond donors (Lipinski definition) is 1. The summed E-state index contributed by atoms with van der Waals surface area (Å²) < 4.78 is 19.2. The molecule has 2 aromatic rings. The number of amides is 1. The van der Waals surface area contributed by atoms with Crippen LogP contribution in [0, 0.1) is 5.82 Å². The second-order valence-electron chi connectivity index (χ2n) is 5.51. The molecule has 0 radical (unpaired) electrons. The van der Waals surface area contributed by atoms with Gasteiger partial charge in [0.2, 0.25) is 5.91 Å². The molecule has 3 nitrogen and oxygen atoms in total. The topological polar surface area (TPSA) is 42.2 Å². The van der Waals surface area contributed by atoms with E-state index in [0.29, 0.717) is 23.1 Å². The van der Waals surface area contributed by atoms with E-state index in [0.717, 1.165) is 12.8 Å². The normalized spacial score (nSPS) is 15.5. The monoisotopic (exact) mass is 299 g/mol. The quantitative estimate of drug-likeness (QED) is 0.861. The Morgan fingerprint density at radius 3 is 2.73 bits per heavy atom. The molecule has 1 fully saturated rings. The van der Waals surface area contributed by atoms with Crippen molar-refractivity contribution in [1.29, 1.82) is 0 Å². The van der Waals surface area contributed by atoms with Crippen LogP contribution in [0.1, 0.15) is 31.4 Å². The van der Waals surface area contributed by atoms with Gasteiger partial charge >= 0.3 is 0 Å². The van der Waals surface area contributed by atoms with Crippen LogP contribution in [0.5, 0.6) is 0 Å². The van der Waals surface area contributed by atoms with Crippen LogP contribution in [0.25, 0.3) is 17.4 Å². The van der Waals surface area contributed by atoms with Crippen LogP contribution in [0.3, 0.4) is 0 Å². The average molecular weight is 299 g/mol. The maximum Gasteiger partial charge on any atom is 0.244 e. The summed E-state index contributed by atoms with van der Waals surface area (Å²) in [5.74, 6) is 0.538. The lowest BCUT2D eigenvalue weighted by atomic mass is 10.1. The molecule has 114 valence electrons. The van der Waals surface area contributed by atoms with E-state index in [1.54, 1.807) is 36.4 Å². The van der Waals surface area contributed by atoms with E-state index in [4.69, 9.17) is 4.42 Å². The Morgan fingerprint density at radius 1 is 1.18 bits per heavy atom. The van der Waals surface area contributed by atoms with Crippen LogP contribution in [0.2, 0.25) is 0 Å². The predicted octanol–water partition coefficient (Wildman–Crippen LogP) is 4.16. The summed E-state index contributed by atoms with van der Waals surface area (Å²) in [5, 5.41) is 2.97. The number of rotatable bonds is 4. The number of nitrogens with one attached hydrogen (secondary N) is 1. The predicted molar refractivity (Wildman–Crippen MR) is 83.5 cm³/mol. The van der Waals surface area contributed by atoms with Gasteiger partial charge in [-0.2, -0.15) is 0 Å². The van der Waals surface area contributed by atoms with Crippen molar-refractivity contribution in [2.45, 2.75) is 31.7 Å². The van der Waals surface area contributed by atoms with Gasteiger partial charge in [-0.25, -0.2) is 4.39 Å². The summed E-state index contributed by atoms with van der Waals surface area (Å²) in [7, 11) is 0. The minimum Gasteiger partial charge on any atom is -0.457 e. The Balaban J connectivity index is 1.65. The molecule has 1 N–H and O–H groups in total. The lowest BCUT2D eigenvalue weighted by Gasteiger charge is -2.08. The molecule has 0 saturated heterocycles. The summed E-state index contributed by atoms with van der Waals surface area (Å²) in [5.41, 5.74) is 0.414. The molecular formula is C18H18FNO2. The van der Waals surface area contributed by atoms with Gasteiger partial charge in [0.1, 0.15) is 17.3 Å². The third-order valence-electron chi connectivity index (χ3n) is 3.87. The smallest absolute Gasteiger partial charge is 0.244 e. The Morgan fingerprint density at radius 2 is 1.95 bits per heavy atom. The summed E-state index contributed by atoms with van der Waals surface area (Å²) in [6.45, 7) is 0. The molecule has 1 aromatic heterocycles. The first-order valence-electron chi connectivity index (χ1n) is 7.56. The zero-order valence-corrected chi connectivity index (χ0v) is 12.2. The van der Waals surface area contributed by atoms with Crippen molar-refractivity contribution in [1.82, 2.24) is 5.32 Å². The fourth-order valence-corrected chi connectivity index (χ4v) is 2.73. The molecule has 0 atom stereocenters. The minimum absolute atomic E-state index is 0.115. The first-order valence-corrected chi connectivity index (χ1v) is 7.56. The number of furan rings is 1. The maximum absolute atomic E-state index is 13.7. The van der Waals surface area contributed by atoms with Crippen LogP contribution in [-0.2, 0) is 4.79 Å². The van der Waals surface area contributed by atoms with E-state index in [1.807, 2.05) is 0 Å². The second kappa shape index (κ2) is 6.60. The highest BCUT2D eigenvalue weighted by molar-refractivity contribution is 5.91. The highest BCUT2D eigenvalue weighted by atomic mass is 19.1. The molecule has 3 rings (SSSR count). The zero-order chi connectivity index (χ0) is 15.4. The van der Waals surface area contributed by atoms with E-state index < -0.39 is 0 Å². The SMILES string of the molecule is O=C(/C=C/c1ccc(-c2ccccc2F)o1)NC1CCCC1. The fraction of sp³-hybridized carbons (Fsp3) is 0.278. The number of halogens is 1. The van der Waals surface area contributed by atoms with E-state index in [1.165, 1.54) is 25.0 Å². The van der Waals surface area contributed by atoms with Gasteiger partial charge in [-0.1, -0.05) is 25.0 Å². The van der Waals surface area contributed by atoms with Crippen molar-refractivity contribution < 1.29 is 13.6 Å². The van der Waals surface area contributed by atoms with Gasteiger partial charge < -0.3 is 9.73 Å². The second-order valence-corrected chi connectivity index (χ2v) is 5.51. The summed E-state index contributed by atoms with van der Waals surface area (Å²) >= 11 is 0. The minimum atomic E-state index is -0.327. The fourth-order valence-electron chi connectivity index (χ4n) is 2.73. The molecule has 1 aromatic carbocycles. The first kappa shape index (κ1) is 14.6. The molecule has 1 aliphatic carbocycles. The molecule has 0 unspecified atom stereocenters. The molecule has 0 bridgehead atoms. The number of carbonyl (C=O) groups excluding carboxylic acids is 1. The van der Waals surface area contributed by atoms with Crippen molar-refractivity contribution in [3.8, 4) is 11.3 Å². The zero-order valence-electron chi connectivity index (χ0n) is 12.2. The van der Waals surface area contributed by atoms with Gasteiger partial charge in [0, 0.05) is 12.1 Å². The largest absolute Gasteiger partial charge is 0.457 e. The number of benzene rings is 1. The molecule has 0 aliphatic heterocycles. The summed E-state index contributed by atoms with van der Waals surface area (Å²) in [6.07, 6.45) is 7.53. The van der Waals surface area contributed by atoms with Gasteiger partial charge in [0.05, 0.1) is 5.56 Å². The number of carbonyl (C=O) groups is 1. The van der Waals surface area contributed by atoms with Gasteiger partial charge in [0.15, 0.2) is 0 Å². The van der Waals surface area contributed by atoms with Crippen LogP contribution in [-0.4, -0.2) is 11.9 Å². The molecule has 4 heteroatoms. The van der Waals surface area contributed by atoms with Crippen LogP contribution < -0.4 is 5.32 Å². The average Bonchev–Trinajstić information content (AvgIpc) is 3.17. The number of hydrogen-bond acceptors (Lipinski definition) is 2. The van der Waals surface area contributed by atoms with Crippen molar-refractivity contribution in [3.05, 3.63) is 54.1 Å². The van der Waals surface area contributed by atoms with Gasteiger partial charge in [0.25, 0.3) is 0 Å². The summed E-state index contributed by atoms with van der Waals surface area (Å²) in [4.78, 5) is 11.8. The van der Waals surface area contributed by atoms with E-state index in [9.17, 15) is 9.18 Å². The lowest BCUT2D eigenvalue weighted by Crippen LogP contribution is -2.30. The lowest BCUT2D eigenvalue weighted by molar-refractivity contribution is -0.117. The molecule has 0 spiro atoms. The molecule has 22 heavy (non-hydrogen) atoms. The van der Waals surface area contributed by atoms with Crippen molar-refractivity contribution in [2.75, 3.05) is 0 Å². The van der Waals surface area contributed by atoms with Crippen molar-refractivity contribution in [3.63, 3.8) is 0 Å². The molecule has 1 amide bonds.